The van der Waals surface area contributed by atoms with Gasteiger partial charge >= 0.3 is 0 Å². The molecule has 0 saturated carbocycles. The molecule has 1 aromatic carbocycles. The molecule has 0 spiro atoms. The first-order valence-electron chi connectivity index (χ1n) is 8.59. The highest BCUT2D eigenvalue weighted by Gasteiger charge is 2.35. The molecular formula is C19H22N4. The third-order valence-electron chi connectivity index (χ3n) is 5.63. The molecule has 4 heteroatoms. The molecule has 4 heterocycles. The van der Waals surface area contributed by atoms with E-state index in [2.05, 4.69) is 59.0 Å². The molecule has 2 aromatic heterocycles. The van der Waals surface area contributed by atoms with Crippen molar-refractivity contribution in [2.45, 2.75) is 37.8 Å². The summed E-state index contributed by atoms with van der Waals surface area (Å²) in [4.78, 5) is 0. The van der Waals surface area contributed by atoms with Crippen molar-refractivity contribution in [1.82, 2.24) is 19.7 Å². The monoisotopic (exact) mass is 306 g/mol. The van der Waals surface area contributed by atoms with Crippen LogP contribution in [0.1, 0.15) is 36.6 Å². The number of para-hydroxylation sites is 1. The summed E-state index contributed by atoms with van der Waals surface area (Å²) in [5, 5.41) is 9.96. The van der Waals surface area contributed by atoms with E-state index in [4.69, 9.17) is 5.10 Å². The van der Waals surface area contributed by atoms with Crippen molar-refractivity contribution in [2.24, 2.45) is 14.1 Å². The summed E-state index contributed by atoms with van der Waals surface area (Å²) in [6, 6.07) is 12.0. The molecule has 0 amide bonds. The quantitative estimate of drug-likeness (QED) is 0.748. The van der Waals surface area contributed by atoms with Crippen LogP contribution in [0.2, 0.25) is 0 Å². The number of rotatable bonds is 1. The molecule has 1 saturated heterocycles. The fourth-order valence-electron chi connectivity index (χ4n) is 4.55. The molecule has 0 aliphatic carbocycles. The zero-order valence-electron chi connectivity index (χ0n) is 13.7. The first-order valence-corrected chi connectivity index (χ1v) is 8.59. The number of piperidine rings is 1. The topological polar surface area (TPSA) is 34.8 Å². The van der Waals surface area contributed by atoms with Gasteiger partial charge in [-0.25, -0.2) is 0 Å². The molecule has 23 heavy (non-hydrogen) atoms. The molecule has 2 bridgehead atoms. The molecular weight excluding hydrogens is 284 g/mol. The van der Waals surface area contributed by atoms with Gasteiger partial charge in [-0.2, -0.15) is 5.10 Å². The highest BCUT2D eigenvalue weighted by molar-refractivity contribution is 5.87. The molecule has 2 atom stereocenters. The Labute approximate surface area is 136 Å². The summed E-state index contributed by atoms with van der Waals surface area (Å²) < 4.78 is 4.41. The van der Waals surface area contributed by atoms with E-state index in [1.807, 2.05) is 0 Å². The third-order valence-corrected chi connectivity index (χ3v) is 5.63. The smallest absolute Gasteiger partial charge is 0.0879 e. The minimum atomic E-state index is 0.451. The number of nitrogens with one attached hydrogen (secondary N) is 1. The van der Waals surface area contributed by atoms with Crippen LogP contribution in [0.4, 0.5) is 0 Å². The second-order valence-electron chi connectivity index (χ2n) is 7.03. The predicted molar refractivity (Wildman–Crippen MR) is 92.3 cm³/mol. The second-order valence-corrected chi connectivity index (χ2v) is 7.03. The number of benzene rings is 1. The van der Waals surface area contributed by atoms with Crippen molar-refractivity contribution in [1.29, 1.82) is 0 Å². The van der Waals surface area contributed by atoms with Crippen LogP contribution < -0.4 is 5.32 Å². The maximum atomic E-state index is 4.90. The molecule has 2 aliphatic rings. The van der Waals surface area contributed by atoms with Crippen LogP contribution >= 0.6 is 0 Å². The van der Waals surface area contributed by atoms with Gasteiger partial charge in [-0.15, -0.1) is 0 Å². The van der Waals surface area contributed by atoms with Crippen molar-refractivity contribution < 1.29 is 0 Å². The zero-order chi connectivity index (χ0) is 15.6. The van der Waals surface area contributed by atoms with Crippen LogP contribution in [0.3, 0.4) is 0 Å². The van der Waals surface area contributed by atoms with Gasteiger partial charge in [0.15, 0.2) is 0 Å². The van der Waals surface area contributed by atoms with Crippen molar-refractivity contribution in [2.75, 3.05) is 0 Å². The number of hydrogen-bond donors (Lipinski definition) is 1. The number of fused-ring (bicyclic) bond motifs is 5. The van der Waals surface area contributed by atoms with Crippen LogP contribution in [-0.4, -0.2) is 20.4 Å². The van der Waals surface area contributed by atoms with Crippen LogP contribution in [0.15, 0.2) is 30.3 Å². The normalized spacial score (nSPS) is 23.2. The third kappa shape index (κ3) is 1.84. The minimum Gasteiger partial charge on any atom is -0.342 e. The van der Waals surface area contributed by atoms with Crippen LogP contribution in [-0.2, 0) is 20.5 Å². The fourth-order valence-corrected chi connectivity index (χ4v) is 4.55. The Kier molecular flexibility index (Phi) is 2.74. The molecule has 2 aliphatic heterocycles. The number of hydrogen-bond acceptors (Lipinski definition) is 2. The van der Waals surface area contributed by atoms with E-state index in [0.717, 1.165) is 6.42 Å². The van der Waals surface area contributed by atoms with Gasteiger partial charge in [0.2, 0.25) is 0 Å². The van der Waals surface area contributed by atoms with Gasteiger partial charge in [0.05, 0.1) is 23.1 Å². The van der Waals surface area contributed by atoms with Crippen LogP contribution in [0, 0.1) is 0 Å². The maximum absolute atomic E-state index is 4.90. The van der Waals surface area contributed by atoms with Crippen molar-refractivity contribution in [3.05, 3.63) is 41.6 Å². The Balaban J connectivity index is 1.74. The molecule has 0 unspecified atom stereocenters. The van der Waals surface area contributed by atoms with E-state index in [0.29, 0.717) is 12.1 Å². The fraction of sp³-hybridized carbons (Fsp3) is 0.421. The second kappa shape index (κ2) is 4.71. The van der Waals surface area contributed by atoms with Gasteiger partial charge in [0, 0.05) is 36.6 Å². The Morgan fingerprint density at radius 2 is 2.04 bits per heavy atom. The highest BCUT2D eigenvalue weighted by Crippen LogP contribution is 2.39. The van der Waals surface area contributed by atoms with Gasteiger partial charge in [0.25, 0.3) is 0 Å². The summed E-state index contributed by atoms with van der Waals surface area (Å²) in [6.07, 6.45) is 4.94. The number of aryl methyl sites for hydroxylation is 2. The van der Waals surface area contributed by atoms with E-state index in [1.54, 1.807) is 0 Å². The SMILES string of the molecule is Cn1nc2c(c1-c1cc3ccccc3n1C)C[C@@H]1CCC[C@H]2N1. The Morgan fingerprint density at radius 1 is 1.17 bits per heavy atom. The van der Waals surface area contributed by atoms with Crippen LogP contribution in [0.5, 0.6) is 0 Å². The first kappa shape index (κ1) is 13.4. The summed E-state index contributed by atoms with van der Waals surface area (Å²) in [5.74, 6) is 0. The van der Waals surface area contributed by atoms with Gasteiger partial charge in [-0.1, -0.05) is 18.2 Å². The first-order chi connectivity index (χ1) is 11.2. The lowest BCUT2D eigenvalue weighted by Gasteiger charge is -2.35. The summed E-state index contributed by atoms with van der Waals surface area (Å²) in [5.41, 5.74) is 6.61. The summed E-state index contributed by atoms with van der Waals surface area (Å²) in [7, 11) is 4.26. The lowest BCUT2D eigenvalue weighted by atomic mass is 9.84. The van der Waals surface area contributed by atoms with Crippen LogP contribution in [0.25, 0.3) is 22.3 Å². The zero-order valence-corrected chi connectivity index (χ0v) is 13.7. The van der Waals surface area contributed by atoms with E-state index >= 15 is 0 Å². The van der Waals surface area contributed by atoms with E-state index < -0.39 is 0 Å². The molecule has 118 valence electrons. The minimum absolute atomic E-state index is 0.451. The summed E-state index contributed by atoms with van der Waals surface area (Å²) in [6.45, 7) is 0. The average molecular weight is 306 g/mol. The molecule has 0 radical (unpaired) electrons. The Hall–Kier alpha value is -2.07. The van der Waals surface area contributed by atoms with E-state index in [1.165, 1.54) is 52.8 Å². The summed E-state index contributed by atoms with van der Waals surface area (Å²) >= 11 is 0. The molecule has 1 N–H and O–H groups in total. The molecule has 4 nitrogen and oxygen atoms in total. The number of aromatic nitrogens is 3. The largest absolute Gasteiger partial charge is 0.342 e. The Morgan fingerprint density at radius 3 is 2.91 bits per heavy atom. The predicted octanol–water partition coefficient (Wildman–Crippen LogP) is 3.32. The standard InChI is InChI=1S/C19H22N4/c1-22-16-9-4-3-6-12(16)10-17(22)19-14-11-13-7-5-8-15(20-13)18(14)21-23(19)2/h3-4,6,9-10,13,15,20H,5,7-8,11H2,1-2H3/t13-,15+/m0/s1. The van der Waals surface area contributed by atoms with Gasteiger partial charge in [0.1, 0.15) is 0 Å². The van der Waals surface area contributed by atoms with E-state index in [-0.39, 0.29) is 0 Å². The van der Waals surface area contributed by atoms with E-state index in [9.17, 15) is 0 Å². The lowest BCUT2D eigenvalue weighted by Crippen LogP contribution is -2.42. The average Bonchev–Trinajstić information content (AvgIpc) is 3.05. The molecule has 5 rings (SSSR count). The lowest BCUT2D eigenvalue weighted by molar-refractivity contribution is 0.297. The van der Waals surface area contributed by atoms with Crippen molar-refractivity contribution >= 4 is 10.9 Å². The molecule has 1 fully saturated rings. The van der Waals surface area contributed by atoms with Gasteiger partial charge in [-0.3, -0.25) is 4.68 Å². The van der Waals surface area contributed by atoms with Gasteiger partial charge in [-0.05, 0) is 37.8 Å². The van der Waals surface area contributed by atoms with Crippen molar-refractivity contribution in [3.8, 4) is 11.4 Å². The van der Waals surface area contributed by atoms with Gasteiger partial charge < -0.3 is 9.88 Å². The Bertz CT molecular complexity index is 902. The number of nitrogens with zero attached hydrogens (tertiary/aromatic N) is 3. The maximum Gasteiger partial charge on any atom is 0.0879 e. The highest BCUT2D eigenvalue weighted by atomic mass is 15.3. The van der Waals surface area contributed by atoms with Crippen molar-refractivity contribution in [3.63, 3.8) is 0 Å². The molecule has 3 aromatic rings.